The average Bonchev–Trinajstić information content (AvgIpc) is 2.28. The molecular formula is C12H7BrClFN2O. The predicted molar refractivity (Wildman–Crippen MR) is 71.3 cm³/mol. The summed E-state index contributed by atoms with van der Waals surface area (Å²) in [6, 6.07) is 5.30. The first-order valence-electron chi connectivity index (χ1n) is 4.93. The minimum Gasteiger partial charge on any atom is -0.321 e. The highest BCUT2D eigenvalue weighted by Gasteiger charge is 2.11. The van der Waals surface area contributed by atoms with Crippen molar-refractivity contribution in [1.29, 1.82) is 0 Å². The van der Waals surface area contributed by atoms with Crippen LogP contribution in [0.3, 0.4) is 0 Å². The van der Waals surface area contributed by atoms with Crippen LogP contribution in [-0.2, 0) is 0 Å². The second-order valence-corrected chi connectivity index (χ2v) is 4.79. The maximum absolute atomic E-state index is 12.9. The SMILES string of the molecule is O=C(Nc1cncc(Br)c1)c1ccc(F)cc1Cl. The molecule has 2 aromatic rings. The monoisotopic (exact) mass is 328 g/mol. The van der Waals surface area contributed by atoms with Crippen LogP contribution in [0.15, 0.2) is 41.1 Å². The molecule has 0 saturated heterocycles. The summed E-state index contributed by atoms with van der Waals surface area (Å²) in [6.07, 6.45) is 3.10. The summed E-state index contributed by atoms with van der Waals surface area (Å²) >= 11 is 9.04. The van der Waals surface area contributed by atoms with Crippen molar-refractivity contribution in [3.8, 4) is 0 Å². The van der Waals surface area contributed by atoms with E-state index < -0.39 is 11.7 Å². The number of carbonyl (C=O) groups is 1. The Labute approximate surface area is 116 Å². The quantitative estimate of drug-likeness (QED) is 0.908. The summed E-state index contributed by atoms with van der Waals surface area (Å²) in [7, 11) is 0. The van der Waals surface area contributed by atoms with Crippen molar-refractivity contribution in [2.45, 2.75) is 0 Å². The number of nitrogens with one attached hydrogen (secondary N) is 1. The molecule has 0 aliphatic carbocycles. The summed E-state index contributed by atoms with van der Waals surface area (Å²) in [6.45, 7) is 0. The number of nitrogens with zero attached hydrogens (tertiary/aromatic N) is 1. The topological polar surface area (TPSA) is 42.0 Å². The van der Waals surface area contributed by atoms with E-state index in [2.05, 4.69) is 26.2 Å². The zero-order valence-corrected chi connectivity index (χ0v) is 11.3. The third kappa shape index (κ3) is 3.05. The van der Waals surface area contributed by atoms with E-state index in [1.54, 1.807) is 12.3 Å². The highest BCUT2D eigenvalue weighted by molar-refractivity contribution is 9.10. The fraction of sp³-hybridized carbons (Fsp3) is 0. The largest absolute Gasteiger partial charge is 0.321 e. The molecule has 2 rings (SSSR count). The first kappa shape index (κ1) is 13.0. The number of hydrogen-bond acceptors (Lipinski definition) is 2. The Morgan fingerprint density at radius 2 is 2.11 bits per heavy atom. The number of hydrogen-bond donors (Lipinski definition) is 1. The van der Waals surface area contributed by atoms with E-state index in [1.165, 1.54) is 18.3 Å². The lowest BCUT2D eigenvalue weighted by Crippen LogP contribution is -2.12. The Balaban J connectivity index is 2.22. The van der Waals surface area contributed by atoms with Gasteiger partial charge in [0.05, 0.1) is 22.5 Å². The third-order valence-corrected chi connectivity index (χ3v) is 2.88. The van der Waals surface area contributed by atoms with Crippen molar-refractivity contribution in [3.63, 3.8) is 0 Å². The molecule has 1 heterocycles. The van der Waals surface area contributed by atoms with Gasteiger partial charge in [-0.15, -0.1) is 0 Å². The highest BCUT2D eigenvalue weighted by Crippen LogP contribution is 2.20. The number of aromatic nitrogens is 1. The van der Waals surface area contributed by atoms with Gasteiger partial charge in [0.15, 0.2) is 0 Å². The van der Waals surface area contributed by atoms with E-state index in [0.717, 1.165) is 10.5 Å². The Hall–Kier alpha value is -1.46. The van der Waals surface area contributed by atoms with Crippen LogP contribution in [0.5, 0.6) is 0 Å². The molecule has 1 aromatic heterocycles. The molecule has 0 saturated carbocycles. The van der Waals surface area contributed by atoms with Crippen LogP contribution in [0.1, 0.15) is 10.4 Å². The minimum absolute atomic E-state index is 0.0652. The molecule has 1 aromatic carbocycles. The zero-order chi connectivity index (χ0) is 13.1. The van der Waals surface area contributed by atoms with Gasteiger partial charge in [0.1, 0.15) is 5.82 Å². The Morgan fingerprint density at radius 1 is 1.33 bits per heavy atom. The van der Waals surface area contributed by atoms with Crippen LogP contribution >= 0.6 is 27.5 Å². The second kappa shape index (κ2) is 5.46. The lowest BCUT2D eigenvalue weighted by atomic mass is 10.2. The maximum atomic E-state index is 12.9. The van der Waals surface area contributed by atoms with Crippen molar-refractivity contribution in [2.75, 3.05) is 5.32 Å². The number of pyridine rings is 1. The van der Waals surface area contributed by atoms with Gasteiger partial charge in [-0.2, -0.15) is 0 Å². The first-order valence-corrected chi connectivity index (χ1v) is 6.10. The molecule has 3 nitrogen and oxygen atoms in total. The molecular weight excluding hydrogens is 322 g/mol. The molecule has 92 valence electrons. The van der Waals surface area contributed by atoms with Crippen molar-refractivity contribution < 1.29 is 9.18 Å². The Morgan fingerprint density at radius 3 is 2.78 bits per heavy atom. The molecule has 18 heavy (non-hydrogen) atoms. The van der Waals surface area contributed by atoms with Crippen molar-refractivity contribution in [1.82, 2.24) is 4.98 Å². The summed E-state index contributed by atoms with van der Waals surface area (Å²) in [5.74, 6) is -0.902. The lowest BCUT2D eigenvalue weighted by molar-refractivity contribution is 0.102. The molecule has 1 amide bonds. The number of anilines is 1. The van der Waals surface area contributed by atoms with Crippen molar-refractivity contribution >= 4 is 39.1 Å². The van der Waals surface area contributed by atoms with Gasteiger partial charge in [-0.05, 0) is 40.2 Å². The van der Waals surface area contributed by atoms with Gasteiger partial charge in [0, 0.05) is 10.7 Å². The molecule has 0 aliphatic heterocycles. The lowest BCUT2D eigenvalue weighted by Gasteiger charge is -2.06. The van der Waals surface area contributed by atoms with Crippen molar-refractivity contribution in [2.24, 2.45) is 0 Å². The van der Waals surface area contributed by atoms with E-state index in [1.807, 2.05) is 0 Å². The molecule has 6 heteroatoms. The third-order valence-electron chi connectivity index (χ3n) is 2.14. The standard InChI is InChI=1S/C12H7BrClFN2O/c13-7-3-9(6-16-5-7)17-12(18)10-2-1-8(15)4-11(10)14/h1-6H,(H,17,18). The summed E-state index contributed by atoms with van der Waals surface area (Å²) in [5.41, 5.74) is 0.729. The number of halogens is 3. The molecule has 1 N–H and O–H groups in total. The van der Waals surface area contributed by atoms with E-state index >= 15 is 0 Å². The van der Waals surface area contributed by atoms with Crippen LogP contribution in [0.2, 0.25) is 5.02 Å². The number of carbonyl (C=O) groups excluding carboxylic acids is 1. The van der Waals surface area contributed by atoms with Crippen LogP contribution in [0, 0.1) is 5.82 Å². The number of amides is 1. The molecule has 0 unspecified atom stereocenters. The number of rotatable bonds is 2. The summed E-state index contributed by atoms with van der Waals surface area (Å²) in [5, 5.41) is 2.69. The molecule has 0 atom stereocenters. The van der Waals surface area contributed by atoms with E-state index in [9.17, 15) is 9.18 Å². The van der Waals surface area contributed by atoms with Crippen LogP contribution in [0.4, 0.5) is 10.1 Å². The second-order valence-electron chi connectivity index (χ2n) is 3.47. The fourth-order valence-electron chi connectivity index (χ4n) is 1.35. The van der Waals surface area contributed by atoms with Gasteiger partial charge < -0.3 is 5.32 Å². The van der Waals surface area contributed by atoms with Crippen molar-refractivity contribution in [3.05, 3.63) is 57.5 Å². The van der Waals surface area contributed by atoms with Gasteiger partial charge in [-0.3, -0.25) is 9.78 Å². The van der Waals surface area contributed by atoms with Gasteiger partial charge in [0.25, 0.3) is 5.91 Å². The van der Waals surface area contributed by atoms with E-state index in [-0.39, 0.29) is 10.6 Å². The summed E-state index contributed by atoms with van der Waals surface area (Å²) < 4.78 is 13.6. The Bertz CT molecular complexity index is 606. The average molecular weight is 330 g/mol. The normalized spacial score (nSPS) is 10.2. The van der Waals surface area contributed by atoms with E-state index in [0.29, 0.717) is 5.69 Å². The zero-order valence-electron chi connectivity index (χ0n) is 8.95. The fourth-order valence-corrected chi connectivity index (χ4v) is 1.97. The van der Waals surface area contributed by atoms with Crippen LogP contribution in [0.25, 0.3) is 0 Å². The number of benzene rings is 1. The van der Waals surface area contributed by atoms with Gasteiger partial charge in [0.2, 0.25) is 0 Å². The smallest absolute Gasteiger partial charge is 0.257 e. The van der Waals surface area contributed by atoms with Gasteiger partial charge >= 0.3 is 0 Å². The molecule has 0 bridgehead atoms. The summed E-state index contributed by atoms with van der Waals surface area (Å²) in [4.78, 5) is 15.8. The van der Waals surface area contributed by atoms with Gasteiger partial charge in [-0.1, -0.05) is 11.6 Å². The molecule has 0 fully saturated rings. The molecule has 0 radical (unpaired) electrons. The van der Waals surface area contributed by atoms with Crippen LogP contribution < -0.4 is 5.32 Å². The van der Waals surface area contributed by atoms with Crippen LogP contribution in [-0.4, -0.2) is 10.9 Å². The molecule has 0 spiro atoms. The first-order chi connectivity index (χ1) is 8.56. The minimum atomic E-state index is -0.485. The maximum Gasteiger partial charge on any atom is 0.257 e. The molecule has 0 aliphatic rings. The Kier molecular flexibility index (Phi) is 3.93. The predicted octanol–water partition coefficient (Wildman–Crippen LogP) is 3.89. The van der Waals surface area contributed by atoms with Gasteiger partial charge in [-0.25, -0.2) is 4.39 Å². The van der Waals surface area contributed by atoms with E-state index in [4.69, 9.17) is 11.6 Å². The highest BCUT2D eigenvalue weighted by atomic mass is 79.9.